The monoisotopic (exact) mass is 338 g/mol. The molecule has 0 saturated carbocycles. The Bertz CT molecular complexity index is 725. The van der Waals surface area contributed by atoms with Gasteiger partial charge in [-0.3, -0.25) is 4.79 Å². The van der Waals surface area contributed by atoms with Crippen LogP contribution in [0.2, 0.25) is 0 Å². The van der Waals surface area contributed by atoms with Gasteiger partial charge in [0.2, 0.25) is 5.91 Å². The van der Waals surface area contributed by atoms with E-state index in [1.807, 2.05) is 55.4 Å². The molecule has 0 aromatic heterocycles. The van der Waals surface area contributed by atoms with Crippen LogP contribution in [0.5, 0.6) is 5.75 Å². The average Bonchev–Trinajstić information content (AvgIpc) is 2.76. The summed E-state index contributed by atoms with van der Waals surface area (Å²) in [6.07, 6.45) is 0.423. The fourth-order valence-corrected chi connectivity index (χ4v) is 3.21. The lowest BCUT2D eigenvalue weighted by atomic mass is 10.1. The first-order valence-electron chi connectivity index (χ1n) is 8.73. The lowest BCUT2D eigenvalue weighted by molar-refractivity contribution is -0.134. The van der Waals surface area contributed by atoms with E-state index >= 15 is 0 Å². The number of carbonyl (C=O) groups excluding carboxylic acids is 1. The van der Waals surface area contributed by atoms with Crippen molar-refractivity contribution in [1.82, 2.24) is 9.80 Å². The summed E-state index contributed by atoms with van der Waals surface area (Å²) in [5.41, 5.74) is 3.33. The van der Waals surface area contributed by atoms with Crippen LogP contribution in [-0.2, 0) is 17.8 Å². The van der Waals surface area contributed by atoms with Crippen molar-refractivity contribution in [2.45, 2.75) is 25.9 Å². The zero-order valence-electron chi connectivity index (χ0n) is 15.2. The van der Waals surface area contributed by atoms with Gasteiger partial charge in [0.05, 0.1) is 12.5 Å². The Kier molecular flexibility index (Phi) is 5.39. The molecular formula is C21H26N2O2. The highest BCUT2D eigenvalue weighted by Gasteiger charge is 2.28. The fraction of sp³-hybridized carbons (Fsp3) is 0.381. The molecule has 4 nitrogen and oxygen atoms in total. The van der Waals surface area contributed by atoms with E-state index in [2.05, 4.69) is 24.0 Å². The van der Waals surface area contributed by atoms with Crippen molar-refractivity contribution in [3.05, 3.63) is 65.2 Å². The van der Waals surface area contributed by atoms with Crippen LogP contribution in [0.25, 0.3) is 0 Å². The summed E-state index contributed by atoms with van der Waals surface area (Å²) in [5, 5.41) is 0. The second-order valence-electron chi connectivity index (χ2n) is 7.02. The number of aryl methyl sites for hydroxylation is 1. The lowest BCUT2D eigenvalue weighted by Gasteiger charge is -2.31. The van der Waals surface area contributed by atoms with E-state index in [0.717, 1.165) is 23.4 Å². The van der Waals surface area contributed by atoms with Crippen molar-refractivity contribution in [2.24, 2.45) is 0 Å². The zero-order valence-corrected chi connectivity index (χ0v) is 15.2. The van der Waals surface area contributed by atoms with Crippen LogP contribution < -0.4 is 4.74 Å². The van der Waals surface area contributed by atoms with Crippen molar-refractivity contribution >= 4 is 5.91 Å². The Morgan fingerprint density at radius 1 is 1.16 bits per heavy atom. The van der Waals surface area contributed by atoms with Crippen molar-refractivity contribution in [1.29, 1.82) is 0 Å². The molecule has 25 heavy (non-hydrogen) atoms. The SMILES string of the molecule is Cc1ccc(CC(=O)N2Cc3ccccc3OC[C@H]2CN(C)C)cc1. The number of fused-ring (bicyclic) bond motifs is 1. The summed E-state index contributed by atoms with van der Waals surface area (Å²) in [6.45, 7) is 3.96. The minimum atomic E-state index is 0.0420. The van der Waals surface area contributed by atoms with Gasteiger partial charge < -0.3 is 14.5 Å². The summed E-state index contributed by atoms with van der Waals surface area (Å²) in [5.74, 6) is 1.04. The summed E-state index contributed by atoms with van der Waals surface area (Å²) in [7, 11) is 4.06. The van der Waals surface area contributed by atoms with Gasteiger partial charge in [-0.2, -0.15) is 0 Å². The number of para-hydroxylation sites is 1. The molecule has 0 saturated heterocycles. The Morgan fingerprint density at radius 2 is 1.88 bits per heavy atom. The van der Waals surface area contributed by atoms with Crippen LogP contribution in [-0.4, -0.2) is 49.0 Å². The molecule has 1 amide bonds. The Labute approximate surface area is 150 Å². The summed E-state index contributed by atoms with van der Waals surface area (Å²) >= 11 is 0. The zero-order chi connectivity index (χ0) is 17.8. The molecule has 0 radical (unpaired) electrons. The average molecular weight is 338 g/mol. The van der Waals surface area contributed by atoms with Crippen LogP contribution in [0.3, 0.4) is 0 Å². The van der Waals surface area contributed by atoms with Gasteiger partial charge in [-0.15, -0.1) is 0 Å². The first-order valence-corrected chi connectivity index (χ1v) is 8.73. The van der Waals surface area contributed by atoms with Crippen molar-refractivity contribution in [3.8, 4) is 5.75 Å². The van der Waals surface area contributed by atoms with Gasteiger partial charge in [0.15, 0.2) is 0 Å². The smallest absolute Gasteiger partial charge is 0.227 e. The third kappa shape index (κ3) is 4.40. The first kappa shape index (κ1) is 17.5. The molecule has 0 unspecified atom stereocenters. The van der Waals surface area contributed by atoms with E-state index in [1.54, 1.807) is 0 Å². The number of hydrogen-bond donors (Lipinski definition) is 0. The van der Waals surface area contributed by atoms with Crippen LogP contribution in [0, 0.1) is 6.92 Å². The highest BCUT2D eigenvalue weighted by Crippen LogP contribution is 2.25. The van der Waals surface area contributed by atoms with Crippen molar-refractivity contribution in [2.75, 3.05) is 27.2 Å². The third-order valence-corrected chi connectivity index (χ3v) is 4.56. The van der Waals surface area contributed by atoms with Gasteiger partial charge in [0.1, 0.15) is 12.4 Å². The largest absolute Gasteiger partial charge is 0.491 e. The van der Waals surface area contributed by atoms with Gasteiger partial charge in [-0.25, -0.2) is 0 Å². The summed E-state index contributed by atoms with van der Waals surface area (Å²) in [4.78, 5) is 17.1. The molecule has 2 aromatic rings. The van der Waals surface area contributed by atoms with Crippen molar-refractivity contribution < 1.29 is 9.53 Å². The molecular weight excluding hydrogens is 312 g/mol. The number of amides is 1. The predicted molar refractivity (Wildman–Crippen MR) is 99.7 cm³/mol. The molecule has 132 valence electrons. The van der Waals surface area contributed by atoms with Gasteiger partial charge in [0.25, 0.3) is 0 Å². The molecule has 0 bridgehead atoms. The number of rotatable bonds is 4. The van der Waals surface area contributed by atoms with Crippen LogP contribution in [0.4, 0.5) is 0 Å². The highest BCUT2D eigenvalue weighted by molar-refractivity contribution is 5.79. The van der Waals surface area contributed by atoms with Crippen LogP contribution in [0.1, 0.15) is 16.7 Å². The molecule has 1 aliphatic rings. The van der Waals surface area contributed by atoms with Gasteiger partial charge in [-0.1, -0.05) is 48.0 Å². The topological polar surface area (TPSA) is 32.8 Å². The number of benzene rings is 2. The molecule has 1 atom stereocenters. The van der Waals surface area contributed by atoms with E-state index in [4.69, 9.17) is 4.74 Å². The second kappa shape index (κ2) is 7.70. The van der Waals surface area contributed by atoms with Crippen molar-refractivity contribution in [3.63, 3.8) is 0 Å². The highest BCUT2D eigenvalue weighted by atomic mass is 16.5. The normalized spacial score (nSPS) is 17.0. The predicted octanol–water partition coefficient (Wildman–Crippen LogP) is 2.89. The maximum atomic E-state index is 13.1. The minimum Gasteiger partial charge on any atom is -0.491 e. The molecule has 1 heterocycles. The maximum Gasteiger partial charge on any atom is 0.227 e. The molecule has 3 rings (SSSR count). The van der Waals surface area contributed by atoms with E-state index in [9.17, 15) is 4.79 Å². The number of carbonyl (C=O) groups is 1. The minimum absolute atomic E-state index is 0.0420. The molecule has 0 fully saturated rings. The summed E-state index contributed by atoms with van der Waals surface area (Å²) < 4.78 is 5.99. The molecule has 1 aliphatic heterocycles. The third-order valence-electron chi connectivity index (χ3n) is 4.56. The Morgan fingerprint density at radius 3 is 2.60 bits per heavy atom. The number of hydrogen-bond acceptors (Lipinski definition) is 3. The van der Waals surface area contributed by atoms with Gasteiger partial charge in [0, 0.05) is 18.7 Å². The van der Waals surface area contributed by atoms with E-state index in [1.165, 1.54) is 5.56 Å². The lowest BCUT2D eigenvalue weighted by Crippen LogP contribution is -2.47. The van der Waals surface area contributed by atoms with Gasteiger partial charge >= 0.3 is 0 Å². The fourth-order valence-electron chi connectivity index (χ4n) is 3.21. The Balaban J connectivity index is 1.82. The van der Waals surface area contributed by atoms with Crippen LogP contribution >= 0.6 is 0 Å². The Hall–Kier alpha value is -2.33. The molecule has 4 heteroatoms. The molecule has 0 aliphatic carbocycles. The number of likely N-dealkylation sites (N-methyl/N-ethyl adjacent to an activating group) is 1. The van der Waals surface area contributed by atoms with Crippen LogP contribution in [0.15, 0.2) is 48.5 Å². The molecule has 0 spiro atoms. The molecule has 0 N–H and O–H groups in total. The van der Waals surface area contributed by atoms with Gasteiger partial charge in [-0.05, 0) is 32.6 Å². The quantitative estimate of drug-likeness (QED) is 0.859. The molecule has 2 aromatic carbocycles. The standard InChI is InChI=1S/C21H26N2O2/c1-16-8-10-17(11-9-16)12-21(24)23-13-18-6-4-5-7-20(18)25-15-19(23)14-22(2)3/h4-11,19H,12-15H2,1-3H3/t19-/m1/s1. The first-order chi connectivity index (χ1) is 12.0. The number of nitrogens with zero attached hydrogens (tertiary/aromatic N) is 2. The van der Waals surface area contributed by atoms with E-state index < -0.39 is 0 Å². The summed E-state index contributed by atoms with van der Waals surface area (Å²) in [6, 6.07) is 16.2. The second-order valence-corrected chi connectivity index (χ2v) is 7.02. The van der Waals surface area contributed by atoms with E-state index in [-0.39, 0.29) is 11.9 Å². The maximum absolute atomic E-state index is 13.1. The number of ether oxygens (including phenoxy) is 1. The van der Waals surface area contributed by atoms with E-state index in [0.29, 0.717) is 19.6 Å².